The Morgan fingerprint density at radius 2 is 2.00 bits per heavy atom. The van der Waals surface area contributed by atoms with Gasteiger partial charge in [-0.25, -0.2) is 4.79 Å². The highest BCUT2D eigenvalue weighted by atomic mass is 16.2. The maximum atomic E-state index is 12.1. The number of benzene rings is 2. The highest BCUT2D eigenvalue weighted by Crippen LogP contribution is 2.26. The molecule has 6 heteroatoms. The third kappa shape index (κ3) is 3.36. The van der Waals surface area contributed by atoms with Crippen molar-refractivity contribution in [2.45, 2.75) is 19.4 Å². The van der Waals surface area contributed by atoms with Gasteiger partial charge in [0.15, 0.2) is 0 Å². The van der Waals surface area contributed by atoms with Gasteiger partial charge in [0.1, 0.15) is 0 Å². The Balaban J connectivity index is 1.63. The third-order valence-electron chi connectivity index (χ3n) is 3.87. The van der Waals surface area contributed by atoms with Crippen molar-refractivity contribution in [3.63, 3.8) is 0 Å². The van der Waals surface area contributed by atoms with Gasteiger partial charge in [0.2, 0.25) is 5.91 Å². The van der Waals surface area contributed by atoms with Crippen molar-refractivity contribution in [1.29, 1.82) is 5.26 Å². The molecule has 1 heterocycles. The highest BCUT2D eigenvalue weighted by Gasteiger charge is 2.19. The summed E-state index contributed by atoms with van der Waals surface area (Å²) in [6.45, 7) is 1.88. The molecule has 3 rings (SSSR count). The fourth-order valence-corrected chi connectivity index (χ4v) is 2.59. The first kappa shape index (κ1) is 15.6. The first-order valence-corrected chi connectivity index (χ1v) is 7.55. The van der Waals surface area contributed by atoms with E-state index in [1.165, 1.54) is 0 Å². The maximum Gasteiger partial charge on any atom is 0.319 e. The topological polar surface area (TPSA) is 94.0 Å². The maximum absolute atomic E-state index is 12.1. The zero-order valence-electron chi connectivity index (χ0n) is 13.1. The number of carbonyl (C=O) groups excluding carboxylic acids is 2. The molecule has 1 unspecified atom stereocenters. The Hall–Kier alpha value is -3.33. The van der Waals surface area contributed by atoms with Crippen LogP contribution in [0.25, 0.3) is 0 Å². The standard InChI is InChI=1S/C18H16N4O2/c1-11(13-4-7-16-14(8-13)9-17(23)22-16)20-18(24)21-15-5-2-12(10-19)3-6-15/h2-8,11H,9H2,1H3,(H,22,23)(H2,20,21,24). The second kappa shape index (κ2) is 6.42. The molecule has 0 aliphatic carbocycles. The number of fused-ring (bicyclic) bond motifs is 1. The highest BCUT2D eigenvalue weighted by molar-refractivity contribution is 5.99. The molecule has 24 heavy (non-hydrogen) atoms. The number of anilines is 2. The van der Waals surface area contributed by atoms with E-state index < -0.39 is 0 Å². The minimum atomic E-state index is -0.332. The molecule has 6 nitrogen and oxygen atoms in total. The van der Waals surface area contributed by atoms with E-state index in [2.05, 4.69) is 16.0 Å². The monoisotopic (exact) mass is 320 g/mol. The van der Waals surface area contributed by atoms with Gasteiger partial charge in [0.25, 0.3) is 0 Å². The van der Waals surface area contributed by atoms with Gasteiger partial charge in [-0.3, -0.25) is 4.79 Å². The van der Waals surface area contributed by atoms with Crippen molar-refractivity contribution in [3.05, 3.63) is 59.2 Å². The number of nitriles is 1. The average molecular weight is 320 g/mol. The minimum Gasteiger partial charge on any atom is -0.331 e. The van der Waals surface area contributed by atoms with Crippen LogP contribution in [0, 0.1) is 11.3 Å². The van der Waals surface area contributed by atoms with E-state index in [0.717, 1.165) is 16.8 Å². The Labute approximate surface area is 139 Å². The van der Waals surface area contributed by atoms with E-state index in [1.807, 2.05) is 31.2 Å². The van der Waals surface area contributed by atoms with E-state index in [0.29, 0.717) is 17.7 Å². The lowest BCUT2D eigenvalue weighted by Gasteiger charge is -2.16. The minimum absolute atomic E-state index is 0.0127. The van der Waals surface area contributed by atoms with Gasteiger partial charge in [-0.05, 0) is 48.4 Å². The summed E-state index contributed by atoms with van der Waals surface area (Å²) >= 11 is 0. The quantitative estimate of drug-likeness (QED) is 0.811. The van der Waals surface area contributed by atoms with Gasteiger partial charge >= 0.3 is 6.03 Å². The molecular weight excluding hydrogens is 304 g/mol. The lowest BCUT2D eigenvalue weighted by molar-refractivity contribution is -0.115. The first-order chi connectivity index (χ1) is 11.5. The molecule has 1 aliphatic heterocycles. The Kier molecular flexibility index (Phi) is 4.17. The van der Waals surface area contributed by atoms with Crippen LogP contribution in [0.2, 0.25) is 0 Å². The molecule has 0 spiro atoms. The first-order valence-electron chi connectivity index (χ1n) is 7.55. The second-order valence-electron chi connectivity index (χ2n) is 5.65. The fourth-order valence-electron chi connectivity index (χ4n) is 2.59. The SMILES string of the molecule is CC(NC(=O)Nc1ccc(C#N)cc1)c1ccc2c(c1)CC(=O)N2. The molecule has 0 saturated heterocycles. The lowest BCUT2D eigenvalue weighted by atomic mass is 10.0. The van der Waals surface area contributed by atoms with E-state index >= 15 is 0 Å². The van der Waals surface area contributed by atoms with Crippen molar-refractivity contribution in [3.8, 4) is 6.07 Å². The number of rotatable bonds is 3. The van der Waals surface area contributed by atoms with Crippen LogP contribution in [0.4, 0.5) is 16.2 Å². The van der Waals surface area contributed by atoms with Crippen LogP contribution in [0.5, 0.6) is 0 Å². The zero-order valence-corrected chi connectivity index (χ0v) is 13.1. The summed E-state index contributed by atoms with van der Waals surface area (Å²) in [5.74, 6) is -0.0127. The van der Waals surface area contributed by atoms with Crippen molar-refractivity contribution in [2.75, 3.05) is 10.6 Å². The molecule has 0 saturated carbocycles. The fraction of sp³-hybridized carbons (Fsp3) is 0.167. The lowest BCUT2D eigenvalue weighted by Crippen LogP contribution is -2.31. The van der Waals surface area contributed by atoms with E-state index in [-0.39, 0.29) is 18.0 Å². The van der Waals surface area contributed by atoms with Crippen molar-refractivity contribution >= 4 is 23.3 Å². The number of urea groups is 1. The molecular formula is C18H16N4O2. The van der Waals surface area contributed by atoms with Crippen LogP contribution in [0.15, 0.2) is 42.5 Å². The summed E-state index contributed by atoms with van der Waals surface area (Å²) in [5, 5.41) is 17.1. The van der Waals surface area contributed by atoms with Crippen LogP contribution in [-0.4, -0.2) is 11.9 Å². The molecule has 0 radical (unpaired) electrons. The predicted octanol–water partition coefficient (Wildman–Crippen LogP) is 2.94. The number of carbonyl (C=O) groups is 2. The molecule has 0 fully saturated rings. The van der Waals surface area contributed by atoms with Crippen molar-refractivity contribution in [2.24, 2.45) is 0 Å². The second-order valence-corrected chi connectivity index (χ2v) is 5.65. The van der Waals surface area contributed by atoms with Gasteiger partial charge in [0.05, 0.1) is 24.1 Å². The number of nitrogens with one attached hydrogen (secondary N) is 3. The number of nitrogens with zero attached hydrogens (tertiary/aromatic N) is 1. The molecule has 0 aromatic heterocycles. The summed E-state index contributed by atoms with van der Waals surface area (Å²) in [4.78, 5) is 23.5. The van der Waals surface area contributed by atoms with Gasteiger partial charge < -0.3 is 16.0 Å². The van der Waals surface area contributed by atoms with Crippen LogP contribution in [-0.2, 0) is 11.2 Å². The smallest absolute Gasteiger partial charge is 0.319 e. The van der Waals surface area contributed by atoms with Gasteiger partial charge in [0, 0.05) is 11.4 Å². The number of hydrogen-bond acceptors (Lipinski definition) is 3. The molecule has 120 valence electrons. The largest absolute Gasteiger partial charge is 0.331 e. The molecule has 1 aliphatic rings. The Morgan fingerprint density at radius 1 is 1.25 bits per heavy atom. The summed E-state index contributed by atoms with van der Waals surface area (Å²) < 4.78 is 0. The van der Waals surface area contributed by atoms with Gasteiger partial charge in [-0.15, -0.1) is 0 Å². The van der Waals surface area contributed by atoms with Crippen LogP contribution in [0.1, 0.15) is 29.7 Å². The molecule has 3 N–H and O–H groups in total. The van der Waals surface area contributed by atoms with Crippen LogP contribution < -0.4 is 16.0 Å². The summed E-state index contributed by atoms with van der Waals surface area (Å²) in [5.41, 5.74) is 3.86. The third-order valence-corrected chi connectivity index (χ3v) is 3.87. The average Bonchev–Trinajstić information content (AvgIpc) is 2.94. The summed E-state index contributed by atoms with van der Waals surface area (Å²) in [7, 11) is 0. The van der Waals surface area contributed by atoms with Crippen LogP contribution >= 0.6 is 0 Å². The molecule has 1 atom stereocenters. The number of amides is 3. The van der Waals surface area contributed by atoms with E-state index in [1.54, 1.807) is 24.3 Å². The Morgan fingerprint density at radius 3 is 2.71 bits per heavy atom. The van der Waals surface area contributed by atoms with Gasteiger partial charge in [-0.2, -0.15) is 5.26 Å². The normalized spacial score (nSPS) is 13.4. The van der Waals surface area contributed by atoms with Crippen molar-refractivity contribution in [1.82, 2.24) is 5.32 Å². The number of hydrogen-bond donors (Lipinski definition) is 3. The molecule has 0 bridgehead atoms. The predicted molar refractivity (Wildman–Crippen MR) is 90.5 cm³/mol. The molecule has 2 aromatic rings. The molecule has 2 aromatic carbocycles. The van der Waals surface area contributed by atoms with Crippen molar-refractivity contribution < 1.29 is 9.59 Å². The van der Waals surface area contributed by atoms with Gasteiger partial charge in [-0.1, -0.05) is 12.1 Å². The Bertz CT molecular complexity index is 837. The van der Waals surface area contributed by atoms with E-state index in [4.69, 9.17) is 5.26 Å². The summed E-state index contributed by atoms with van der Waals surface area (Å²) in [6, 6.07) is 13.8. The van der Waals surface area contributed by atoms with Crippen LogP contribution in [0.3, 0.4) is 0 Å². The zero-order chi connectivity index (χ0) is 17.1. The molecule has 3 amide bonds. The van der Waals surface area contributed by atoms with E-state index in [9.17, 15) is 9.59 Å². The summed E-state index contributed by atoms with van der Waals surface area (Å²) in [6.07, 6.45) is 0.368.